The number of nitrogens with one attached hydrogen (secondary N) is 1. The Morgan fingerprint density at radius 3 is 2.72 bits per heavy atom. The quantitative estimate of drug-likeness (QED) is 0.350. The van der Waals surface area contributed by atoms with Crippen LogP contribution in [0, 0.1) is 11.6 Å². The van der Waals surface area contributed by atoms with Gasteiger partial charge in [0.15, 0.2) is 11.3 Å². The fourth-order valence-electron chi connectivity index (χ4n) is 5.92. The molecule has 4 heterocycles. The number of ether oxygens (including phenoxy) is 2. The van der Waals surface area contributed by atoms with Gasteiger partial charge in [0, 0.05) is 43.4 Å². The fraction of sp³-hybridized carbons (Fsp3) is 0.500. The lowest BCUT2D eigenvalue weighted by molar-refractivity contribution is -0.0655. The highest BCUT2D eigenvalue weighted by Gasteiger charge is 2.54. The average molecular weight is 601 g/mol. The van der Waals surface area contributed by atoms with Crippen LogP contribution in [-0.2, 0) is 16.1 Å². The van der Waals surface area contributed by atoms with E-state index in [1.165, 1.54) is 16.8 Å². The standard InChI is InChI=1S/C30H34F2N4O7/c1-4-5-6-11-41-29(40)42-26-24-28(39)35-16-23(30(10-9-18(35)3)13-17(2)34-43-30)36(24)15-21(25(26)37)27(38)33-14-19-7-8-20(31)12-22(19)32/h7-8,12,15,18,23H,4-6,9-11,13-14,16H2,1-3H3,(H,33,38)/t18-,23+,30-/m0/s1. The zero-order chi connectivity index (χ0) is 30.9. The van der Waals surface area contributed by atoms with E-state index < -0.39 is 58.0 Å². The van der Waals surface area contributed by atoms with Crippen LogP contribution >= 0.6 is 0 Å². The van der Waals surface area contributed by atoms with E-state index in [4.69, 9.17) is 14.3 Å². The van der Waals surface area contributed by atoms with Crippen molar-refractivity contribution in [1.29, 1.82) is 0 Å². The van der Waals surface area contributed by atoms with Gasteiger partial charge in [0.1, 0.15) is 17.2 Å². The number of pyridine rings is 1. The van der Waals surface area contributed by atoms with Gasteiger partial charge in [-0.3, -0.25) is 14.4 Å². The van der Waals surface area contributed by atoms with Gasteiger partial charge in [-0.1, -0.05) is 31.0 Å². The molecule has 3 aliphatic heterocycles. The predicted octanol–water partition coefficient (Wildman–Crippen LogP) is 4.48. The zero-order valence-electron chi connectivity index (χ0n) is 24.3. The van der Waals surface area contributed by atoms with Crippen LogP contribution < -0.4 is 15.5 Å². The number of aromatic nitrogens is 1. The summed E-state index contributed by atoms with van der Waals surface area (Å²) in [5.74, 6) is -3.73. The first-order valence-corrected chi connectivity index (χ1v) is 14.4. The van der Waals surface area contributed by atoms with E-state index in [1.807, 2.05) is 20.8 Å². The second-order valence-electron chi connectivity index (χ2n) is 11.3. The zero-order valence-corrected chi connectivity index (χ0v) is 24.3. The number of unbranched alkanes of at least 4 members (excludes halogenated alkanes) is 2. The molecular formula is C30H34F2N4O7. The van der Waals surface area contributed by atoms with Gasteiger partial charge in [0.25, 0.3) is 11.8 Å². The molecule has 0 aliphatic carbocycles. The van der Waals surface area contributed by atoms with Crippen molar-refractivity contribution in [2.45, 2.75) is 83.5 Å². The molecule has 230 valence electrons. The smallest absolute Gasteiger partial charge is 0.434 e. The Morgan fingerprint density at radius 1 is 1.23 bits per heavy atom. The molecule has 43 heavy (non-hydrogen) atoms. The Balaban J connectivity index is 1.57. The van der Waals surface area contributed by atoms with Crippen molar-refractivity contribution in [1.82, 2.24) is 14.8 Å². The minimum atomic E-state index is -1.18. The number of carbonyl (C=O) groups is 3. The summed E-state index contributed by atoms with van der Waals surface area (Å²) in [5.41, 5.74) is -1.77. The molecule has 3 aliphatic rings. The minimum absolute atomic E-state index is 0.00514. The number of fused-ring (bicyclic) bond motifs is 5. The average Bonchev–Trinajstić information content (AvgIpc) is 3.30. The van der Waals surface area contributed by atoms with Crippen molar-refractivity contribution in [3.8, 4) is 5.75 Å². The summed E-state index contributed by atoms with van der Waals surface area (Å²) in [6.45, 7) is 5.62. The number of oxime groups is 1. The van der Waals surface area contributed by atoms with Crippen LogP contribution in [0.25, 0.3) is 0 Å². The molecule has 2 bridgehead atoms. The molecule has 0 unspecified atom stereocenters. The van der Waals surface area contributed by atoms with Gasteiger partial charge in [-0.05, 0) is 39.2 Å². The third-order valence-electron chi connectivity index (χ3n) is 8.28. The van der Waals surface area contributed by atoms with Crippen LogP contribution in [0.5, 0.6) is 5.75 Å². The maximum atomic E-state index is 14.2. The molecule has 0 radical (unpaired) electrons. The summed E-state index contributed by atoms with van der Waals surface area (Å²) in [6.07, 6.45) is 3.94. The van der Waals surface area contributed by atoms with Gasteiger partial charge in [0.05, 0.1) is 18.4 Å². The van der Waals surface area contributed by atoms with Gasteiger partial charge in [-0.2, -0.15) is 0 Å². The largest absolute Gasteiger partial charge is 0.514 e. The number of hydrogen-bond acceptors (Lipinski definition) is 8. The normalized spacial score (nSPS) is 22.4. The van der Waals surface area contributed by atoms with Crippen molar-refractivity contribution < 1.29 is 37.5 Å². The number of benzene rings is 1. The third kappa shape index (κ3) is 5.84. The van der Waals surface area contributed by atoms with Gasteiger partial charge in [0.2, 0.25) is 11.2 Å². The molecular weight excluding hydrogens is 566 g/mol. The number of carbonyl (C=O) groups excluding carboxylic acids is 3. The van der Waals surface area contributed by atoms with Gasteiger partial charge >= 0.3 is 6.16 Å². The topological polar surface area (TPSA) is 129 Å². The minimum Gasteiger partial charge on any atom is -0.434 e. The molecule has 11 nitrogen and oxygen atoms in total. The Kier molecular flexibility index (Phi) is 8.52. The first-order valence-electron chi connectivity index (χ1n) is 14.4. The van der Waals surface area contributed by atoms with Gasteiger partial charge in [-0.25, -0.2) is 13.6 Å². The van der Waals surface area contributed by atoms with E-state index in [-0.39, 0.29) is 37.0 Å². The lowest BCUT2D eigenvalue weighted by Crippen LogP contribution is -2.52. The van der Waals surface area contributed by atoms with Crippen molar-refractivity contribution in [2.75, 3.05) is 13.2 Å². The summed E-state index contributed by atoms with van der Waals surface area (Å²) in [6, 6.07) is 2.10. The highest BCUT2D eigenvalue weighted by atomic mass is 19.1. The van der Waals surface area contributed by atoms with E-state index in [2.05, 4.69) is 10.5 Å². The maximum absolute atomic E-state index is 14.2. The third-order valence-corrected chi connectivity index (χ3v) is 8.28. The van der Waals surface area contributed by atoms with Crippen LogP contribution in [0.3, 0.4) is 0 Å². The number of amides is 2. The lowest BCUT2D eigenvalue weighted by atomic mass is 9.84. The molecule has 1 saturated heterocycles. The van der Waals surface area contributed by atoms with Crippen molar-refractivity contribution in [2.24, 2.45) is 5.16 Å². The molecule has 3 atom stereocenters. The summed E-state index contributed by atoms with van der Waals surface area (Å²) in [4.78, 5) is 61.3. The molecule has 2 amide bonds. The van der Waals surface area contributed by atoms with Crippen molar-refractivity contribution >= 4 is 23.7 Å². The molecule has 1 spiro atoms. The highest BCUT2D eigenvalue weighted by Crippen LogP contribution is 2.46. The molecule has 5 rings (SSSR count). The molecule has 1 N–H and O–H groups in total. The summed E-state index contributed by atoms with van der Waals surface area (Å²) >= 11 is 0. The molecule has 2 aromatic rings. The number of halogens is 2. The second kappa shape index (κ2) is 12.1. The Bertz CT molecular complexity index is 1540. The van der Waals surface area contributed by atoms with Crippen molar-refractivity contribution in [3.05, 3.63) is 63.1 Å². The van der Waals surface area contributed by atoms with Crippen LogP contribution in [0.15, 0.2) is 34.3 Å². The summed E-state index contributed by atoms with van der Waals surface area (Å²) in [7, 11) is 0. The Morgan fingerprint density at radius 2 is 2.02 bits per heavy atom. The van der Waals surface area contributed by atoms with Crippen LogP contribution in [0.2, 0.25) is 0 Å². The summed E-state index contributed by atoms with van der Waals surface area (Å²) < 4.78 is 39.6. The lowest BCUT2D eigenvalue weighted by Gasteiger charge is -2.42. The maximum Gasteiger partial charge on any atom is 0.514 e. The van der Waals surface area contributed by atoms with Crippen LogP contribution in [-0.4, -0.2) is 57.9 Å². The van der Waals surface area contributed by atoms with E-state index >= 15 is 0 Å². The number of hydrogen-bond donors (Lipinski definition) is 1. The molecule has 1 fully saturated rings. The first-order chi connectivity index (χ1) is 20.5. The van der Waals surface area contributed by atoms with Crippen molar-refractivity contribution in [3.63, 3.8) is 0 Å². The molecule has 1 aromatic heterocycles. The highest BCUT2D eigenvalue weighted by molar-refractivity contribution is 6.00. The molecule has 13 heteroatoms. The van der Waals surface area contributed by atoms with Gasteiger partial charge in [-0.15, -0.1) is 0 Å². The fourth-order valence-corrected chi connectivity index (χ4v) is 5.92. The van der Waals surface area contributed by atoms with Crippen LogP contribution in [0.1, 0.15) is 91.7 Å². The van der Waals surface area contributed by atoms with Gasteiger partial charge < -0.3 is 29.1 Å². The van der Waals surface area contributed by atoms with E-state index in [9.17, 15) is 28.0 Å². The number of rotatable bonds is 8. The molecule has 0 saturated carbocycles. The summed E-state index contributed by atoms with van der Waals surface area (Å²) in [5, 5.41) is 6.65. The van der Waals surface area contributed by atoms with E-state index in [1.54, 1.807) is 4.90 Å². The predicted molar refractivity (Wildman–Crippen MR) is 150 cm³/mol. The monoisotopic (exact) mass is 600 g/mol. The first kappa shape index (κ1) is 30.2. The van der Waals surface area contributed by atoms with E-state index in [0.717, 1.165) is 24.6 Å². The SMILES string of the molecule is CCCCCOC(=O)Oc1c2n(cc(C(=O)NCc3ccc(F)cc3F)c1=O)[C@@H]1CN(C2=O)[C@@H](C)CC[C@]12CC(C)=NO2. The molecule has 1 aromatic carbocycles. The second-order valence-corrected chi connectivity index (χ2v) is 11.3. The van der Waals surface area contributed by atoms with Crippen LogP contribution in [0.4, 0.5) is 13.6 Å². The van der Waals surface area contributed by atoms with E-state index in [0.29, 0.717) is 31.7 Å². The Hall–Kier alpha value is -4.29. The Labute approximate surface area is 246 Å². The number of nitrogens with zero attached hydrogens (tertiary/aromatic N) is 3.